The van der Waals surface area contributed by atoms with Crippen LogP contribution in [0.5, 0.6) is 0 Å². The second kappa shape index (κ2) is 8.41. The standard InChI is InChI=1S/C18H25N5O2/c1-5-16(24)21-14-8-6-7-13(10-14)18(25)22-15(9-12(2)3)17-19-11-20-23(17)4/h6-8,10-12,15H,5,9H2,1-4H3,(H,21,24)(H,22,25)/t15-/m0/s1. The second-order valence-corrected chi connectivity index (χ2v) is 6.38. The van der Waals surface area contributed by atoms with Crippen molar-refractivity contribution in [2.45, 2.75) is 39.7 Å². The monoisotopic (exact) mass is 343 g/mol. The van der Waals surface area contributed by atoms with Crippen LogP contribution < -0.4 is 10.6 Å². The van der Waals surface area contributed by atoms with E-state index in [4.69, 9.17) is 0 Å². The number of amides is 2. The van der Waals surface area contributed by atoms with Gasteiger partial charge in [-0.15, -0.1) is 0 Å². The third-order valence-electron chi connectivity index (χ3n) is 3.80. The third kappa shape index (κ3) is 5.14. The highest BCUT2D eigenvalue weighted by molar-refractivity contribution is 5.97. The highest BCUT2D eigenvalue weighted by Crippen LogP contribution is 2.20. The number of hydrogen-bond acceptors (Lipinski definition) is 4. The smallest absolute Gasteiger partial charge is 0.251 e. The minimum absolute atomic E-state index is 0.0886. The fraction of sp³-hybridized carbons (Fsp3) is 0.444. The van der Waals surface area contributed by atoms with E-state index in [9.17, 15) is 9.59 Å². The summed E-state index contributed by atoms with van der Waals surface area (Å²) in [5.41, 5.74) is 1.10. The number of hydrogen-bond donors (Lipinski definition) is 2. The van der Waals surface area contributed by atoms with Gasteiger partial charge in [-0.3, -0.25) is 14.3 Å². The quantitative estimate of drug-likeness (QED) is 0.809. The van der Waals surface area contributed by atoms with E-state index in [2.05, 4.69) is 34.6 Å². The number of aryl methyl sites for hydroxylation is 1. The molecule has 7 nitrogen and oxygen atoms in total. The van der Waals surface area contributed by atoms with Crippen LogP contribution in [0.1, 0.15) is 55.8 Å². The molecule has 0 aliphatic carbocycles. The number of anilines is 1. The van der Waals surface area contributed by atoms with Crippen molar-refractivity contribution in [1.82, 2.24) is 20.1 Å². The normalized spacial score (nSPS) is 12.0. The van der Waals surface area contributed by atoms with Crippen LogP contribution in [0.25, 0.3) is 0 Å². The Bertz CT molecular complexity index is 739. The van der Waals surface area contributed by atoms with Crippen molar-refractivity contribution in [3.8, 4) is 0 Å². The largest absolute Gasteiger partial charge is 0.342 e. The maximum Gasteiger partial charge on any atom is 0.251 e. The predicted molar refractivity (Wildman–Crippen MR) is 96.0 cm³/mol. The molecule has 0 bridgehead atoms. The van der Waals surface area contributed by atoms with E-state index >= 15 is 0 Å². The number of carbonyl (C=O) groups is 2. The summed E-state index contributed by atoms with van der Waals surface area (Å²) in [4.78, 5) is 28.5. The Morgan fingerprint density at radius 2 is 2.04 bits per heavy atom. The lowest BCUT2D eigenvalue weighted by Gasteiger charge is -2.20. The average Bonchev–Trinajstić information content (AvgIpc) is 3.00. The Labute approximate surface area is 147 Å². The van der Waals surface area contributed by atoms with Gasteiger partial charge >= 0.3 is 0 Å². The summed E-state index contributed by atoms with van der Waals surface area (Å²) in [6.45, 7) is 5.97. The molecule has 0 radical (unpaired) electrons. The molecule has 0 saturated heterocycles. The molecule has 25 heavy (non-hydrogen) atoms. The molecule has 1 aromatic carbocycles. The summed E-state index contributed by atoms with van der Waals surface area (Å²) in [7, 11) is 1.81. The zero-order valence-electron chi connectivity index (χ0n) is 15.1. The first-order valence-electron chi connectivity index (χ1n) is 8.45. The van der Waals surface area contributed by atoms with Gasteiger partial charge < -0.3 is 10.6 Å². The van der Waals surface area contributed by atoms with Crippen molar-refractivity contribution in [1.29, 1.82) is 0 Å². The molecule has 1 atom stereocenters. The van der Waals surface area contributed by atoms with Gasteiger partial charge in [0, 0.05) is 24.7 Å². The Hall–Kier alpha value is -2.70. The van der Waals surface area contributed by atoms with Crippen molar-refractivity contribution < 1.29 is 9.59 Å². The molecule has 2 N–H and O–H groups in total. The molecule has 2 aromatic rings. The van der Waals surface area contributed by atoms with E-state index < -0.39 is 0 Å². The predicted octanol–water partition coefficient (Wildman–Crippen LogP) is 2.68. The first-order chi connectivity index (χ1) is 11.9. The van der Waals surface area contributed by atoms with Crippen molar-refractivity contribution in [2.75, 3.05) is 5.32 Å². The number of carbonyl (C=O) groups excluding carboxylic acids is 2. The summed E-state index contributed by atoms with van der Waals surface area (Å²) < 4.78 is 1.67. The van der Waals surface area contributed by atoms with E-state index in [0.29, 0.717) is 23.6 Å². The molecule has 0 aliphatic rings. The fourth-order valence-corrected chi connectivity index (χ4v) is 2.55. The summed E-state index contributed by atoms with van der Waals surface area (Å²) in [6, 6.07) is 6.68. The lowest BCUT2D eigenvalue weighted by atomic mass is 10.0. The second-order valence-electron chi connectivity index (χ2n) is 6.38. The number of benzene rings is 1. The van der Waals surface area contributed by atoms with Crippen LogP contribution in [0.4, 0.5) is 5.69 Å². The van der Waals surface area contributed by atoms with Crippen molar-refractivity contribution in [2.24, 2.45) is 13.0 Å². The van der Waals surface area contributed by atoms with Gasteiger partial charge in [0.05, 0.1) is 6.04 Å². The zero-order chi connectivity index (χ0) is 18.4. The van der Waals surface area contributed by atoms with Gasteiger partial charge in [0.2, 0.25) is 5.91 Å². The molecule has 0 spiro atoms. The Morgan fingerprint density at radius 1 is 1.28 bits per heavy atom. The van der Waals surface area contributed by atoms with Crippen LogP contribution in [-0.2, 0) is 11.8 Å². The van der Waals surface area contributed by atoms with E-state index in [0.717, 1.165) is 12.2 Å². The molecular weight excluding hydrogens is 318 g/mol. The minimum atomic E-state index is -0.228. The summed E-state index contributed by atoms with van der Waals surface area (Å²) in [5.74, 6) is 0.810. The molecule has 1 heterocycles. The van der Waals surface area contributed by atoms with Crippen LogP contribution in [0.3, 0.4) is 0 Å². The van der Waals surface area contributed by atoms with Crippen molar-refractivity contribution in [3.63, 3.8) is 0 Å². The molecule has 2 amide bonds. The topological polar surface area (TPSA) is 88.9 Å². The fourth-order valence-electron chi connectivity index (χ4n) is 2.55. The molecule has 7 heteroatoms. The Morgan fingerprint density at radius 3 is 2.64 bits per heavy atom. The third-order valence-corrected chi connectivity index (χ3v) is 3.80. The van der Waals surface area contributed by atoms with Crippen LogP contribution in [0.15, 0.2) is 30.6 Å². The van der Waals surface area contributed by atoms with E-state index in [-0.39, 0.29) is 17.9 Å². The average molecular weight is 343 g/mol. The van der Waals surface area contributed by atoms with Crippen LogP contribution in [-0.4, -0.2) is 26.6 Å². The molecule has 134 valence electrons. The minimum Gasteiger partial charge on any atom is -0.342 e. The SMILES string of the molecule is CCC(=O)Nc1cccc(C(=O)N[C@@H](CC(C)C)c2ncnn2C)c1. The van der Waals surface area contributed by atoms with Crippen molar-refractivity contribution in [3.05, 3.63) is 42.0 Å². The van der Waals surface area contributed by atoms with Gasteiger partial charge in [-0.2, -0.15) is 5.10 Å². The lowest BCUT2D eigenvalue weighted by molar-refractivity contribution is -0.115. The summed E-state index contributed by atoms with van der Waals surface area (Å²) in [5, 5.41) is 9.88. The molecule has 0 aliphatic heterocycles. The molecular formula is C18H25N5O2. The Kier molecular flexibility index (Phi) is 6.27. The number of nitrogens with one attached hydrogen (secondary N) is 2. The van der Waals surface area contributed by atoms with Gasteiger partial charge in [-0.05, 0) is 30.5 Å². The van der Waals surface area contributed by atoms with Crippen LogP contribution >= 0.6 is 0 Å². The number of aromatic nitrogens is 3. The molecule has 1 aromatic heterocycles. The van der Waals surface area contributed by atoms with Gasteiger partial charge in [-0.25, -0.2) is 4.98 Å². The molecule has 0 saturated carbocycles. The van der Waals surface area contributed by atoms with Gasteiger partial charge in [-0.1, -0.05) is 26.8 Å². The summed E-state index contributed by atoms with van der Waals surface area (Å²) in [6.07, 6.45) is 2.62. The van der Waals surface area contributed by atoms with E-state index in [1.165, 1.54) is 6.33 Å². The molecule has 2 rings (SSSR count). The number of rotatable bonds is 7. The summed E-state index contributed by atoms with van der Waals surface area (Å²) >= 11 is 0. The van der Waals surface area contributed by atoms with Crippen molar-refractivity contribution >= 4 is 17.5 Å². The highest BCUT2D eigenvalue weighted by atomic mass is 16.2. The van der Waals surface area contributed by atoms with E-state index in [1.54, 1.807) is 35.9 Å². The maximum absolute atomic E-state index is 12.7. The van der Waals surface area contributed by atoms with Gasteiger partial charge in [0.1, 0.15) is 12.2 Å². The maximum atomic E-state index is 12.7. The molecule has 0 fully saturated rings. The Balaban J connectivity index is 2.16. The van der Waals surface area contributed by atoms with Gasteiger partial charge in [0.25, 0.3) is 5.91 Å². The van der Waals surface area contributed by atoms with E-state index in [1.807, 2.05) is 7.05 Å². The van der Waals surface area contributed by atoms with Crippen LogP contribution in [0.2, 0.25) is 0 Å². The number of nitrogens with zero attached hydrogens (tertiary/aromatic N) is 3. The lowest BCUT2D eigenvalue weighted by Crippen LogP contribution is -2.31. The molecule has 0 unspecified atom stereocenters. The van der Waals surface area contributed by atoms with Crippen LogP contribution in [0, 0.1) is 5.92 Å². The zero-order valence-corrected chi connectivity index (χ0v) is 15.1. The first-order valence-corrected chi connectivity index (χ1v) is 8.45. The first kappa shape index (κ1) is 18.6. The van der Waals surface area contributed by atoms with Gasteiger partial charge in [0.15, 0.2) is 0 Å². The highest BCUT2D eigenvalue weighted by Gasteiger charge is 2.21.